The van der Waals surface area contributed by atoms with Crippen molar-refractivity contribution < 1.29 is 9.15 Å². The number of hydrogen-bond acceptors (Lipinski definition) is 9. The summed E-state index contributed by atoms with van der Waals surface area (Å²) in [6.07, 6.45) is 3.22. The molecule has 1 aliphatic rings. The highest BCUT2D eigenvalue weighted by atomic mass is 16.5. The molecule has 10 heteroatoms. The summed E-state index contributed by atoms with van der Waals surface area (Å²) >= 11 is 0. The Hall–Kier alpha value is -4.70. The minimum absolute atomic E-state index is 0.427. The Balaban J connectivity index is 1.27. The van der Waals surface area contributed by atoms with E-state index in [9.17, 15) is 0 Å². The van der Waals surface area contributed by atoms with E-state index in [0.717, 1.165) is 46.1 Å². The van der Waals surface area contributed by atoms with Crippen molar-refractivity contribution in [3.63, 3.8) is 0 Å². The Morgan fingerprint density at radius 1 is 1.05 bits per heavy atom. The van der Waals surface area contributed by atoms with Crippen molar-refractivity contribution in [2.75, 3.05) is 25.7 Å². The van der Waals surface area contributed by atoms with Gasteiger partial charge in [0.05, 0.1) is 12.2 Å². The van der Waals surface area contributed by atoms with Crippen LogP contribution in [0.15, 0.2) is 76.7 Å². The van der Waals surface area contributed by atoms with Crippen LogP contribution in [0, 0.1) is 6.92 Å². The second kappa shape index (κ2) is 9.07. The predicted octanol–water partition coefficient (Wildman–Crippen LogP) is 4.36. The zero-order chi connectivity index (χ0) is 25.5. The third-order valence-corrected chi connectivity index (χ3v) is 6.21. The lowest BCUT2D eigenvalue weighted by atomic mass is 10.0. The Kier molecular flexibility index (Phi) is 5.57. The quantitative estimate of drug-likeness (QED) is 0.371. The van der Waals surface area contributed by atoms with Gasteiger partial charge in [0.1, 0.15) is 42.4 Å². The minimum Gasteiger partial charge on any atom is -0.460 e. The maximum absolute atomic E-state index is 6.32. The Morgan fingerprint density at radius 2 is 1.95 bits per heavy atom. The van der Waals surface area contributed by atoms with E-state index >= 15 is 0 Å². The summed E-state index contributed by atoms with van der Waals surface area (Å²) in [5.74, 6) is 3.40. The van der Waals surface area contributed by atoms with Crippen molar-refractivity contribution in [1.29, 1.82) is 0 Å². The third kappa shape index (κ3) is 4.38. The van der Waals surface area contributed by atoms with Crippen LogP contribution >= 0.6 is 0 Å². The normalized spacial score (nSPS) is 13.2. The third-order valence-electron chi connectivity index (χ3n) is 6.21. The molecule has 3 aromatic heterocycles. The first kappa shape index (κ1) is 22.7. The lowest BCUT2D eigenvalue weighted by molar-refractivity contribution is 0.353. The molecule has 186 valence electrons. The van der Waals surface area contributed by atoms with E-state index < -0.39 is 0 Å². The molecule has 1 aliphatic heterocycles. The molecule has 4 heterocycles. The van der Waals surface area contributed by atoms with Gasteiger partial charge in [-0.25, -0.2) is 9.98 Å². The Morgan fingerprint density at radius 3 is 2.78 bits per heavy atom. The molecular formula is C27H26N8O2. The molecule has 0 saturated carbocycles. The molecule has 2 aromatic carbocycles. The molecule has 5 aromatic rings. The molecule has 0 atom stereocenters. The van der Waals surface area contributed by atoms with Crippen LogP contribution in [0.25, 0.3) is 17.0 Å². The van der Waals surface area contributed by atoms with Crippen molar-refractivity contribution in [2.24, 2.45) is 10.7 Å². The van der Waals surface area contributed by atoms with E-state index in [0.29, 0.717) is 29.8 Å². The number of fused-ring (bicyclic) bond motifs is 2. The topological polar surface area (TPSA) is 110 Å². The van der Waals surface area contributed by atoms with E-state index in [-0.39, 0.29) is 0 Å². The molecule has 0 bridgehead atoms. The van der Waals surface area contributed by atoms with E-state index in [1.54, 1.807) is 23.1 Å². The summed E-state index contributed by atoms with van der Waals surface area (Å²) in [6, 6.07) is 17.9. The maximum atomic E-state index is 6.32. The number of ether oxygens (including phenoxy) is 1. The summed E-state index contributed by atoms with van der Waals surface area (Å²) in [7, 11) is 4.03. The van der Waals surface area contributed by atoms with Crippen LogP contribution in [0.3, 0.4) is 0 Å². The van der Waals surface area contributed by atoms with E-state index in [1.165, 1.54) is 0 Å². The standard InChI is InChI=1S/C27H26N8O2/c1-17-10-19(5-8-23(17)37-26-12-25-32-31-16-34(25)14-29-26)35-15-30-27(28)21-11-18(4-7-22(21)35)24-9-6-20(36-24)13-33(2)3/h4-12,14,16H,13,15H2,1-3H3,(H2,28,30). The van der Waals surface area contributed by atoms with Crippen LogP contribution in [0.5, 0.6) is 11.6 Å². The average molecular weight is 495 g/mol. The molecule has 0 amide bonds. The summed E-state index contributed by atoms with van der Waals surface area (Å²) in [4.78, 5) is 13.1. The van der Waals surface area contributed by atoms with Crippen LogP contribution in [0.4, 0.5) is 11.4 Å². The van der Waals surface area contributed by atoms with Gasteiger partial charge in [0.2, 0.25) is 5.88 Å². The SMILES string of the molecule is Cc1cc(N2CN=C(N)c3cc(-c4ccc(CN(C)C)o4)ccc32)ccc1Oc1cc2nncn2cn1. The molecule has 37 heavy (non-hydrogen) atoms. The van der Waals surface area contributed by atoms with Gasteiger partial charge < -0.3 is 24.7 Å². The molecule has 0 spiro atoms. The highest BCUT2D eigenvalue weighted by molar-refractivity contribution is 6.05. The molecule has 6 rings (SSSR count). The number of aliphatic imine (C=N–C) groups is 1. The first-order valence-corrected chi connectivity index (χ1v) is 11.8. The number of anilines is 2. The number of furan rings is 1. The van der Waals surface area contributed by atoms with Gasteiger partial charge in [0, 0.05) is 22.9 Å². The van der Waals surface area contributed by atoms with E-state index in [2.05, 4.69) is 48.2 Å². The van der Waals surface area contributed by atoms with Crippen molar-refractivity contribution >= 4 is 22.9 Å². The molecular weight excluding hydrogens is 468 g/mol. The molecule has 0 aliphatic carbocycles. The molecule has 0 saturated heterocycles. The van der Waals surface area contributed by atoms with Crippen molar-refractivity contribution in [2.45, 2.75) is 13.5 Å². The first-order chi connectivity index (χ1) is 17.9. The first-order valence-electron chi connectivity index (χ1n) is 11.8. The maximum Gasteiger partial charge on any atom is 0.224 e. The zero-order valence-corrected chi connectivity index (χ0v) is 20.8. The lowest BCUT2D eigenvalue weighted by Crippen LogP contribution is -2.29. The smallest absolute Gasteiger partial charge is 0.224 e. The highest BCUT2D eigenvalue weighted by Gasteiger charge is 2.22. The largest absolute Gasteiger partial charge is 0.460 e. The van der Waals surface area contributed by atoms with Crippen molar-refractivity contribution in [3.05, 3.63) is 84.1 Å². The number of nitrogens with two attached hydrogens (primary N) is 1. The van der Waals surface area contributed by atoms with Gasteiger partial charge in [-0.2, -0.15) is 0 Å². The van der Waals surface area contributed by atoms with Crippen LogP contribution in [-0.4, -0.2) is 51.1 Å². The van der Waals surface area contributed by atoms with Gasteiger partial charge in [-0.1, -0.05) is 0 Å². The fraction of sp³-hybridized carbons (Fsp3) is 0.185. The second-order valence-electron chi connectivity index (χ2n) is 9.22. The second-order valence-corrected chi connectivity index (χ2v) is 9.22. The van der Waals surface area contributed by atoms with Gasteiger partial charge >= 0.3 is 0 Å². The fourth-order valence-electron chi connectivity index (χ4n) is 4.38. The molecule has 2 N–H and O–H groups in total. The minimum atomic E-state index is 0.427. The van der Waals surface area contributed by atoms with Crippen LogP contribution in [0.1, 0.15) is 16.9 Å². The van der Waals surface area contributed by atoms with E-state index in [1.807, 2.05) is 51.4 Å². The zero-order valence-electron chi connectivity index (χ0n) is 20.8. The number of aromatic nitrogens is 4. The van der Waals surface area contributed by atoms with Crippen LogP contribution < -0.4 is 15.4 Å². The van der Waals surface area contributed by atoms with Crippen molar-refractivity contribution in [3.8, 4) is 23.0 Å². The van der Waals surface area contributed by atoms with E-state index in [4.69, 9.17) is 14.9 Å². The Bertz CT molecular complexity index is 1630. The lowest BCUT2D eigenvalue weighted by Gasteiger charge is -2.30. The van der Waals surface area contributed by atoms with Gasteiger partial charge in [0.25, 0.3) is 0 Å². The van der Waals surface area contributed by atoms with Gasteiger partial charge in [-0.3, -0.25) is 4.40 Å². The number of rotatable bonds is 6. The summed E-state index contributed by atoms with van der Waals surface area (Å²) in [6.45, 7) is 3.17. The fourth-order valence-corrected chi connectivity index (χ4v) is 4.38. The summed E-state index contributed by atoms with van der Waals surface area (Å²) in [5.41, 5.74) is 11.8. The highest BCUT2D eigenvalue weighted by Crippen LogP contribution is 2.37. The number of amidine groups is 1. The Labute approximate surface area is 213 Å². The predicted molar refractivity (Wildman–Crippen MR) is 141 cm³/mol. The molecule has 10 nitrogen and oxygen atoms in total. The van der Waals surface area contributed by atoms with Gasteiger partial charge in [-0.15, -0.1) is 10.2 Å². The number of hydrogen-bond donors (Lipinski definition) is 1. The monoisotopic (exact) mass is 494 g/mol. The number of nitrogens with zero attached hydrogens (tertiary/aromatic N) is 7. The molecule has 0 fully saturated rings. The summed E-state index contributed by atoms with van der Waals surface area (Å²) in [5, 5.41) is 7.91. The van der Waals surface area contributed by atoms with Crippen LogP contribution in [0.2, 0.25) is 0 Å². The molecule has 0 unspecified atom stereocenters. The van der Waals surface area contributed by atoms with Crippen molar-refractivity contribution in [1.82, 2.24) is 24.5 Å². The van der Waals surface area contributed by atoms with Gasteiger partial charge in [-0.05, 0) is 75.1 Å². The average Bonchev–Trinajstić information content (AvgIpc) is 3.54. The number of aryl methyl sites for hydroxylation is 1. The molecule has 0 radical (unpaired) electrons. The summed E-state index contributed by atoms with van der Waals surface area (Å²) < 4.78 is 13.8. The van der Waals surface area contributed by atoms with Crippen LogP contribution in [-0.2, 0) is 6.54 Å². The number of benzene rings is 2. The van der Waals surface area contributed by atoms with Gasteiger partial charge in [0.15, 0.2) is 5.65 Å².